The molecular formula is C19H23F3N4O3S2. The molecule has 1 aromatic heterocycles. The minimum absolute atomic E-state index is 0.0183. The summed E-state index contributed by atoms with van der Waals surface area (Å²) in [5.74, 6) is -0.364. The molecule has 0 saturated carbocycles. The summed E-state index contributed by atoms with van der Waals surface area (Å²) in [4.78, 5) is 16.2. The van der Waals surface area contributed by atoms with Gasteiger partial charge in [0.2, 0.25) is 15.9 Å². The zero-order chi connectivity index (χ0) is 22.9. The second kappa shape index (κ2) is 11.3. The molecule has 0 aliphatic rings. The number of carbonyl (C=O) groups excluding carboxylic acids is 1. The fraction of sp³-hybridized carbons (Fsp3) is 0.368. The number of sulfonamides is 1. The van der Waals surface area contributed by atoms with E-state index in [1.54, 1.807) is 18.2 Å². The highest BCUT2D eigenvalue weighted by Crippen LogP contribution is 2.33. The van der Waals surface area contributed by atoms with Gasteiger partial charge in [0.05, 0.1) is 10.5 Å². The molecule has 0 fully saturated rings. The number of anilines is 1. The lowest BCUT2D eigenvalue weighted by molar-refractivity contribution is -0.137. The average molecular weight is 477 g/mol. The Morgan fingerprint density at radius 1 is 1.13 bits per heavy atom. The number of benzene rings is 1. The fourth-order valence-corrected chi connectivity index (χ4v) is 4.32. The highest BCUT2D eigenvalue weighted by molar-refractivity contribution is 7.98. The molecule has 0 radical (unpaired) electrons. The lowest BCUT2D eigenvalue weighted by Crippen LogP contribution is -2.47. The van der Waals surface area contributed by atoms with Gasteiger partial charge in [-0.25, -0.2) is 13.4 Å². The molecule has 3 N–H and O–H groups in total. The minimum atomic E-state index is -4.56. The fourth-order valence-electron chi connectivity index (χ4n) is 2.60. The Labute approximate surface area is 183 Å². The molecule has 0 aliphatic heterocycles. The van der Waals surface area contributed by atoms with Gasteiger partial charge >= 0.3 is 6.18 Å². The first-order chi connectivity index (χ1) is 14.6. The Hall–Kier alpha value is -2.31. The smallest absolute Gasteiger partial charge is 0.368 e. The third kappa shape index (κ3) is 7.71. The average Bonchev–Trinajstić information content (AvgIpc) is 2.74. The van der Waals surface area contributed by atoms with E-state index in [0.717, 1.165) is 6.07 Å². The van der Waals surface area contributed by atoms with Crippen LogP contribution in [0.4, 0.5) is 19.0 Å². The molecule has 0 aliphatic carbocycles. The predicted octanol–water partition coefficient (Wildman–Crippen LogP) is 2.73. The molecule has 1 heterocycles. The van der Waals surface area contributed by atoms with E-state index >= 15 is 0 Å². The van der Waals surface area contributed by atoms with Gasteiger partial charge in [0.25, 0.3) is 0 Å². The summed E-state index contributed by atoms with van der Waals surface area (Å²) < 4.78 is 66.4. The van der Waals surface area contributed by atoms with Gasteiger partial charge in [-0.1, -0.05) is 18.2 Å². The molecule has 1 amide bonds. The van der Waals surface area contributed by atoms with Crippen molar-refractivity contribution in [3.05, 3.63) is 54.2 Å². The van der Waals surface area contributed by atoms with Crippen molar-refractivity contribution in [3.63, 3.8) is 0 Å². The topological polar surface area (TPSA) is 100 Å². The molecular weight excluding hydrogens is 453 g/mol. The lowest BCUT2D eigenvalue weighted by Gasteiger charge is -2.19. The SMILES string of the molecule is CSCCC(NS(=O)(=O)c1ccccc1)C(=O)NCCNc1ncccc1C(F)(F)F. The van der Waals surface area contributed by atoms with Crippen molar-refractivity contribution in [3.8, 4) is 0 Å². The van der Waals surface area contributed by atoms with E-state index < -0.39 is 33.7 Å². The largest absolute Gasteiger partial charge is 0.419 e. The van der Waals surface area contributed by atoms with Crippen molar-refractivity contribution in [2.24, 2.45) is 0 Å². The van der Waals surface area contributed by atoms with Gasteiger partial charge in [-0.3, -0.25) is 4.79 Å². The Morgan fingerprint density at radius 3 is 2.48 bits per heavy atom. The Balaban J connectivity index is 1.96. The van der Waals surface area contributed by atoms with Crippen molar-refractivity contribution in [2.45, 2.75) is 23.5 Å². The molecule has 1 aromatic carbocycles. The van der Waals surface area contributed by atoms with Gasteiger partial charge in [0.15, 0.2) is 0 Å². The van der Waals surface area contributed by atoms with E-state index in [-0.39, 0.29) is 30.2 Å². The van der Waals surface area contributed by atoms with Crippen LogP contribution in [0.25, 0.3) is 0 Å². The van der Waals surface area contributed by atoms with Crippen LogP contribution in [0.1, 0.15) is 12.0 Å². The molecule has 1 unspecified atom stereocenters. The zero-order valence-corrected chi connectivity index (χ0v) is 18.3. The number of halogens is 3. The maximum absolute atomic E-state index is 13.0. The van der Waals surface area contributed by atoms with Crippen LogP contribution >= 0.6 is 11.8 Å². The van der Waals surface area contributed by atoms with E-state index in [2.05, 4.69) is 20.3 Å². The van der Waals surface area contributed by atoms with Crippen LogP contribution in [0.3, 0.4) is 0 Å². The third-order valence-corrected chi connectivity index (χ3v) is 6.24. The first kappa shape index (κ1) is 25.0. The number of hydrogen-bond donors (Lipinski definition) is 3. The molecule has 12 heteroatoms. The minimum Gasteiger partial charge on any atom is -0.368 e. The van der Waals surface area contributed by atoms with E-state index in [9.17, 15) is 26.4 Å². The van der Waals surface area contributed by atoms with Crippen LogP contribution in [-0.4, -0.2) is 50.4 Å². The molecule has 0 saturated heterocycles. The van der Waals surface area contributed by atoms with E-state index in [4.69, 9.17) is 0 Å². The number of nitrogens with one attached hydrogen (secondary N) is 3. The number of alkyl halides is 3. The summed E-state index contributed by atoms with van der Waals surface area (Å²) in [6.45, 7) is -0.0396. The van der Waals surface area contributed by atoms with Gasteiger partial charge in [-0.2, -0.15) is 29.7 Å². The standard InChI is InChI=1S/C19H23F3N4O3S2/c1-30-13-9-16(26-31(28,29)14-6-3-2-4-7-14)18(27)25-12-11-24-17-15(19(20,21)22)8-5-10-23-17/h2-8,10,16,26H,9,11-13H2,1H3,(H,23,24)(H,25,27). The maximum Gasteiger partial charge on any atom is 0.419 e. The van der Waals surface area contributed by atoms with Crippen molar-refractivity contribution < 1.29 is 26.4 Å². The number of nitrogens with zero attached hydrogens (tertiary/aromatic N) is 1. The summed E-state index contributed by atoms with van der Waals surface area (Å²) in [5, 5.41) is 5.09. The van der Waals surface area contributed by atoms with E-state index in [0.29, 0.717) is 5.75 Å². The van der Waals surface area contributed by atoms with Crippen molar-refractivity contribution >= 4 is 33.5 Å². The van der Waals surface area contributed by atoms with Gasteiger partial charge in [0, 0.05) is 19.3 Å². The summed E-state index contributed by atoms with van der Waals surface area (Å²) in [5.41, 5.74) is -0.908. The van der Waals surface area contributed by atoms with Crippen molar-refractivity contribution in [1.29, 1.82) is 0 Å². The third-order valence-electron chi connectivity index (χ3n) is 4.11. The molecule has 1 atom stereocenters. The van der Waals surface area contributed by atoms with E-state index in [1.165, 1.54) is 36.2 Å². The quantitative estimate of drug-likeness (QED) is 0.431. The van der Waals surface area contributed by atoms with Crippen molar-refractivity contribution in [1.82, 2.24) is 15.0 Å². The second-order valence-electron chi connectivity index (χ2n) is 6.38. The number of amides is 1. The van der Waals surface area contributed by atoms with E-state index in [1.807, 2.05) is 6.26 Å². The lowest BCUT2D eigenvalue weighted by atomic mass is 10.2. The number of rotatable bonds is 11. The molecule has 170 valence electrons. The predicted molar refractivity (Wildman–Crippen MR) is 114 cm³/mol. The first-order valence-electron chi connectivity index (χ1n) is 9.25. The summed E-state index contributed by atoms with van der Waals surface area (Å²) in [6, 6.07) is 8.74. The van der Waals surface area contributed by atoms with Crippen LogP contribution in [0.5, 0.6) is 0 Å². The van der Waals surface area contributed by atoms with Crippen LogP contribution in [-0.2, 0) is 21.0 Å². The second-order valence-corrected chi connectivity index (χ2v) is 9.08. The maximum atomic E-state index is 13.0. The Bertz CT molecular complexity index is 957. The monoisotopic (exact) mass is 476 g/mol. The highest BCUT2D eigenvalue weighted by Gasteiger charge is 2.34. The summed E-state index contributed by atoms with van der Waals surface area (Å²) in [7, 11) is -3.90. The van der Waals surface area contributed by atoms with Gasteiger partial charge in [0.1, 0.15) is 11.9 Å². The zero-order valence-electron chi connectivity index (χ0n) is 16.6. The van der Waals surface area contributed by atoms with Crippen LogP contribution in [0.15, 0.2) is 53.6 Å². The van der Waals surface area contributed by atoms with Gasteiger partial charge in [-0.05, 0) is 42.7 Å². The van der Waals surface area contributed by atoms with Gasteiger partial charge < -0.3 is 10.6 Å². The summed E-state index contributed by atoms with van der Waals surface area (Å²) >= 11 is 1.46. The van der Waals surface area contributed by atoms with Crippen LogP contribution < -0.4 is 15.4 Å². The van der Waals surface area contributed by atoms with Gasteiger partial charge in [-0.15, -0.1) is 0 Å². The van der Waals surface area contributed by atoms with Crippen molar-refractivity contribution in [2.75, 3.05) is 30.4 Å². The number of hydrogen-bond acceptors (Lipinski definition) is 6. The highest BCUT2D eigenvalue weighted by atomic mass is 32.2. The normalized spacial score (nSPS) is 12.9. The molecule has 0 spiro atoms. The molecule has 0 bridgehead atoms. The Morgan fingerprint density at radius 2 is 1.84 bits per heavy atom. The Kier molecular flexibility index (Phi) is 9.14. The number of pyridine rings is 1. The number of carbonyl (C=O) groups is 1. The number of aromatic nitrogens is 1. The molecule has 7 nitrogen and oxygen atoms in total. The molecule has 31 heavy (non-hydrogen) atoms. The molecule has 2 aromatic rings. The number of thioether (sulfide) groups is 1. The van der Waals surface area contributed by atoms with Crippen LogP contribution in [0, 0.1) is 0 Å². The first-order valence-corrected chi connectivity index (χ1v) is 12.1. The summed E-state index contributed by atoms with van der Waals surface area (Å²) in [6.07, 6.45) is -1.24. The molecule has 2 rings (SSSR count). The van der Waals surface area contributed by atoms with Crippen LogP contribution in [0.2, 0.25) is 0 Å².